The lowest BCUT2D eigenvalue weighted by molar-refractivity contribution is 1.33. The van der Waals surface area contributed by atoms with Crippen molar-refractivity contribution >= 4 is 34.3 Å². The second kappa shape index (κ2) is 3.38. The van der Waals surface area contributed by atoms with Crippen LogP contribution in [0.4, 0.5) is 5.82 Å². The van der Waals surface area contributed by atoms with E-state index in [1.165, 1.54) is 0 Å². The molecule has 2 heterocycles. The Balaban J connectivity index is 2.52. The Morgan fingerprint density at radius 3 is 2.50 bits per heavy atom. The van der Waals surface area contributed by atoms with Gasteiger partial charge in [0.2, 0.25) is 0 Å². The predicted octanol–water partition coefficient (Wildman–Crippen LogP) is 3.12. The minimum Gasteiger partial charge on any atom is -0.254 e. The number of pyridine rings is 2. The van der Waals surface area contributed by atoms with Gasteiger partial charge in [-0.05, 0) is 24.9 Å². The summed E-state index contributed by atoms with van der Waals surface area (Å²) in [4.78, 5) is 12.6. The van der Waals surface area contributed by atoms with E-state index < -0.39 is 0 Å². The van der Waals surface area contributed by atoms with Gasteiger partial charge in [0.25, 0.3) is 0 Å². The zero-order chi connectivity index (χ0) is 11.0. The zero-order valence-corrected chi connectivity index (χ0v) is 8.59. The van der Waals surface area contributed by atoms with Crippen molar-refractivity contribution in [2.75, 3.05) is 0 Å². The third-order valence-corrected chi connectivity index (χ3v) is 2.58. The van der Waals surface area contributed by atoms with Crippen LogP contribution in [0.25, 0.3) is 21.8 Å². The maximum absolute atomic E-state index is 4.43. The molecule has 0 bridgehead atoms. The van der Waals surface area contributed by atoms with Crippen molar-refractivity contribution in [2.45, 2.75) is 0 Å². The summed E-state index contributed by atoms with van der Waals surface area (Å²) in [5.41, 5.74) is 1.79. The molecule has 1 aromatic carbocycles. The molecule has 3 heteroatoms. The summed E-state index contributed by atoms with van der Waals surface area (Å²) < 4.78 is 0. The molecule has 0 aliphatic carbocycles. The molecular weight excluding hydrogens is 198 g/mol. The van der Waals surface area contributed by atoms with Crippen LogP contribution >= 0.6 is 0 Å². The highest BCUT2D eigenvalue weighted by molar-refractivity contribution is 6.02. The number of hydrogen-bond donors (Lipinski definition) is 0. The fourth-order valence-electron chi connectivity index (χ4n) is 1.80. The summed E-state index contributed by atoms with van der Waals surface area (Å²) in [6.45, 7) is 3.48. The van der Waals surface area contributed by atoms with Gasteiger partial charge in [-0.25, -0.2) is 9.98 Å². The molecule has 0 atom stereocenters. The van der Waals surface area contributed by atoms with Gasteiger partial charge in [0.1, 0.15) is 0 Å². The van der Waals surface area contributed by atoms with E-state index in [9.17, 15) is 0 Å². The molecule has 0 spiro atoms. The van der Waals surface area contributed by atoms with Crippen molar-refractivity contribution in [3.05, 3.63) is 42.6 Å². The average Bonchev–Trinajstić information content (AvgIpc) is 2.38. The van der Waals surface area contributed by atoms with Crippen molar-refractivity contribution in [3.8, 4) is 0 Å². The molecule has 0 amide bonds. The van der Waals surface area contributed by atoms with Gasteiger partial charge < -0.3 is 0 Å². The van der Waals surface area contributed by atoms with E-state index in [4.69, 9.17) is 0 Å². The van der Waals surface area contributed by atoms with E-state index in [1.807, 2.05) is 36.4 Å². The van der Waals surface area contributed by atoms with Crippen molar-refractivity contribution < 1.29 is 0 Å². The molecule has 0 N–H and O–H groups in total. The highest BCUT2D eigenvalue weighted by Crippen LogP contribution is 2.23. The number of benzene rings is 1. The molecule has 0 saturated heterocycles. The Labute approximate surface area is 92.5 Å². The molecule has 0 aliphatic heterocycles. The van der Waals surface area contributed by atoms with Gasteiger partial charge >= 0.3 is 0 Å². The Bertz CT molecular complexity index is 689. The number of nitrogens with zero attached hydrogens (tertiary/aromatic N) is 3. The highest BCUT2D eigenvalue weighted by atomic mass is 14.9. The first kappa shape index (κ1) is 8.97. The van der Waals surface area contributed by atoms with Crippen molar-refractivity contribution in [1.82, 2.24) is 9.97 Å². The highest BCUT2D eigenvalue weighted by Gasteiger charge is 2.02. The second-order valence-electron chi connectivity index (χ2n) is 3.54. The van der Waals surface area contributed by atoms with Crippen LogP contribution < -0.4 is 0 Å². The van der Waals surface area contributed by atoms with Gasteiger partial charge in [-0.3, -0.25) is 4.98 Å². The average molecular weight is 207 g/mol. The van der Waals surface area contributed by atoms with Gasteiger partial charge in [0.15, 0.2) is 5.82 Å². The Morgan fingerprint density at radius 2 is 1.69 bits per heavy atom. The van der Waals surface area contributed by atoms with Crippen LogP contribution in [0.3, 0.4) is 0 Å². The van der Waals surface area contributed by atoms with Crippen molar-refractivity contribution in [2.24, 2.45) is 4.99 Å². The first-order valence-corrected chi connectivity index (χ1v) is 5.00. The molecule has 0 unspecified atom stereocenters. The molecule has 2 aromatic heterocycles. The predicted molar refractivity (Wildman–Crippen MR) is 66.3 cm³/mol. The third-order valence-electron chi connectivity index (χ3n) is 2.58. The monoisotopic (exact) mass is 207 g/mol. The largest absolute Gasteiger partial charge is 0.254 e. The Morgan fingerprint density at radius 1 is 0.938 bits per heavy atom. The second-order valence-corrected chi connectivity index (χ2v) is 3.54. The Hall–Kier alpha value is -2.29. The number of fused-ring (bicyclic) bond motifs is 3. The van der Waals surface area contributed by atoms with Gasteiger partial charge in [-0.15, -0.1) is 0 Å². The summed E-state index contributed by atoms with van der Waals surface area (Å²) in [5, 5.41) is 2.15. The minimum absolute atomic E-state index is 0.630. The number of hydrogen-bond acceptors (Lipinski definition) is 3. The molecule has 3 nitrogen and oxygen atoms in total. The number of aromatic nitrogens is 2. The van der Waals surface area contributed by atoms with E-state index in [1.54, 1.807) is 6.20 Å². The smallest absolute Gasteiger partial charge is 0.151 e. The maximum atomic E-state index is 4.43. The van der Waals surface area contributed by atoms with E-state index >= 15 is 0 Å². The van der Waals surface area contributed by atoms with E-state index in [-0.39, 0.29) is 0 Å². The van der Waals surface area contributed by atoms with Gasteiger partial charge in [0.05, 0.1) is 11.0 Å². The molecule has 0 radical (unpaired) electrons. The maximum Gasteiger partial charge on any atom is 0.151 e. The summed E-state index contributed by atoms with van der Waals surface area (Å²) in [6, 6.07) is 11.9. The van der Waals surface area contributed by atoms with Crippen molar-refractivity contribution in [1.29, 1.82) is 0 Å². The van der Waals surface area contributed by atoms with Crippen LogP contribution in [-0.2, 0) is 0 Å². The third kappa shape index (κ3) is 1.26. The SMILES string of the molecule is C=Nc1ccc2ccc3cccnc3c2n1. The molecule has 16 heavy (non-hydrogen) atoms. The van der Waals surface area contributed by atoms with E-state index in [0.717, 1.165) is 21.8 Å². The first-order chi connectivity index (χ1) is 7.88. The van der Waals surface area contributed by atoms with Crippen molar-refractivity contribution in [3.63, 3.8) is 0 Å². The Kier molecular flexibility index (Phi) is 1.90. The molecule has 3 aromatic rings. The fourth-order valence-corrected chi connectivity index (χ4v) is 1.80. The number of rotatable bonds is 1. The van der Waals surface area contributed by atoms with Crippen LogP contribution in [0.2, 0.25) is 0 Å². The molecule has 76 valence electrons. The fraction of sp³-hybridized carbons (Fsp3) is 0. The summed E-state index contributed by atoms with van der Waals surface area (Å²) in [5.74, 6) is 0.630. The molecule has 3 rings (SSSR count). The molecule has 0 aliphatic rings. The lowest BCUT2D eigenvalue weighted by atomic mass is 10.1. The lowest BCUT2D eigenvalue weighted by Gasteiger charge is -2.02. The summed E-state index contributed by atoms with van der Waals surface area (Å²) in [7, 11) is 0. The van der Waals surface area contributed by atoms with Gasteiger partial charge in [0, 0.05) is 17.0 Å². The first-order valence-electron chi connectivity index (χ1n) is 5.00. The van der Waals surface area contributed by atoms with Gasteiger partial charge in [-0.2, -0.15) is 0 Å². The molecule has 0 fully saturated rings. The van der Waals surface area contributed by atoms with Crippen LogP contribution in [0.15, 0.2) is 47.6 Å². The topological polar surface area (TPSA) is 38.1 Å². The zero-order valence-electron chi connectivity index (χ0n) is 8.59. The standard InChI is InChI=1S/C13H9N3/c1-14-11-7-6-10-5-4-9-3-2-8-15-12(9)13(10)16-11/h2-8H,1H2. The quantitative estimate of drug-likeness (QED) is 0.454. The minimum atomic E-state index is 0.630. The van der Waals surface area contributed by atoms with E-state index in [0.29, 0.717) is 5.82 Å². The van der Waals surface area contributed by atoms with Crippen LogP contribution in [0.1, 0.15) is 0 Å². The van der Waals surface area contributed by atoms with Gasteiger partial charge in [-0.1, -0.05) is 18.2 Å². The molecular formula is C13H9N3. The lowest BCUT2D eigenvalue weighted by Crippen LogP contribution is -1.84. The summed E-state index contributed by atoms with van der Waals surface area (Å²) in [6.07, 6.45) is 1.78. The van der Waals surface area contributed by atoms with Crippen LogP contribution in [0, 0.1) is 0 Å². The summed E-state index contributed by atoms with van der Waals surface area (Å²) >= 11 is 0. The van der Waals surface area contributed by atoms with E-state index in [2.05, 4.69) is 21.7 Å². The molecule has 0 saturated carbocycles. The van der Waals surface area contributed by atoms with Crippen LogP contribution in [0.5, 0.6) is 0 Å². The normalized spacial score (nSPS) is 10.8. The number of aliphatic imine (C=N–C) groups is 1. The van der Waals surface area contributed by atoms with Crippen LogP contribution in [-0.4, -0.2) is 16.7 Å².